The molecule has 0 aliphatic rings. The summed E-state index contributed by atoms with van der Waals surface area (Å²) >= 11 is 2.80. The minimum absolute atomic E-state index is 0.159. The topological polar surface area (TPSA) is 13.1 Å². The van der Waals surface area contributed by atoms with Gasteiger partial charge in [-0.1, -0.05) is 0 Å². The first-order valence-electron chi connectivity index (χ1n) is 3.87. The molecule has 1 heterocycles. The quantitative estimate of drug-likeness (QED) is 0.706. The highest BCUT2D eigenvalue weighted by Gasteiger charge is 2.10. The normalized spacial score (nSPS) is 10.5. The second-order valence-electron chi connectivity index (χ2n) is 2.73. The van der Waals surface area contributed by atoms with Crippen molar-refractivity contribution < 1.29 is 13.2 Å². The molecule has 14 heavy (non-hydrogen) atoms. The third-order valence-corrected chi connectivity index (χ3v) is 2.55. The van der Waals surface area contributed by atoms with Gasteiger partial charge in [0.15, 0.2) is 0 Å². The summed E-state index contributed by atoms with van der Waals surface area (Å²) in [5, 5.41) is 0. The van der Waals surface area contributed by atoms with Gasteiger partial charge >= 0.3 is 0 Å². The predicted octanol–water partition coefficient (Wildman–Crippen LogP) is 3.99. The molecule has 4 heteroatoms. The van der Waals surface area contributed by atoms with Crippen LogP contribution in [-0.2, 0) is 0 Å². The monoisotopic (exact) mass is 258 g/mol. The first-order chi connectivity index (χ1) is 6.68. The van der Waals surface area contributed by atoms with E-state index in [1.54, 1.807) is 12.1 Å². The highest BCUT2D eigenvalue weighted by atomic mass is 79.9. The van der Waals surface area contributed by atoms with Crippen molar-refractivity contribution in [2.45, 2.75) is 0 Å². The molecular formula is C10H5BrF2O. The van der Waals surface area contributed by atoms with Crippen LogP contribution in [0.25, 0.3) is 11.3 Å². The standard InChI is InChI=1S/C10H5BrF2O/c11-10-7(12)4-6(5-8(10)13)9-2-1-3-14-9/h1-5H. The smallest absolute Gasteiger partial charge is 0.141 e. The zero-order chi connectivity index (χ0) is 10.1. The molecule has 0 unspecified atom stereocenters. The maximum Gasteiger partial charge on any atom is 0.141 e. The molecule has 2 aromatic rings. The summed E-state index contributed by atoms with van der Waals surface area (Å²) in [5.74, 6) is -0.844. The van der Waals surface area contributed by atoms with Crippen molar-refractivity contribution in [1.82, 2.24) is 0 Å². The Hall–Kier alpha value is -1.16. The van der Waals surface area contributed by atoms with Gasteiger partial charge in [0.05, 0.1) is 10.7 Å². The lowest BCUT2D eigenvalue weighted by Gasteiger charge is -2.00. The van der Waals surface area contributed by atoms with Gasteiger partial charge < -0.3 is 4.42 Å². The molecular weight excluding hydrogens is 254 g/mol. The first-order valence-corrected chi connectivity index (χ1v) is 4.66. The molecule has 0 atom stereocenters. The molecule has 0 aliphatic carbocycles. The van der Waals surface area contributed by atoms with Gasteiger partial charge in [-0.3, -0.25) is 0 Å². The number of halogens is 3. The van der Waals surface area contributed by atoms with Crippen molar-refractivity contribution in [3.05, 3.63) is 46.6 Å². The maximum absolute atomic E-state index is 13.1. The van der Waals surface area contributed by atoms with Crippen LogP contribution in [0, 0.1) is 11.6 Å². The van der Waals surface area contributed by atoms with Crippen LogP contribution in [0.1, 0.15) is 0 Å². The summed E-state index contributed by atoms with van der Waals surface area (Å²) in [7, 11) is 0. The average molecular weight is 259 g/mol. The highest BCUT2D eigenvalue weighted by Crippen LogP contribution is 2.27. The van der Waals surface area contributed by atoms with E-state index in [0.717, 1.165) is 0 Å². The van der Waals surface area contributed by atoms with E-state index in [9.17, 15) is 8.78 Å². The Balaban J connectivity index is 2.57. The number of rotatable bonds is 1. The zero-order valence-electron chi connectivity index (χ0n) is 6.93. The Morgan fingerprint density at radius 3 is 2.29 bits per heavy atom. The van der Waals surface area contributed by atoms with E-state index in [0.29, 0.717) is 11.3 Å². The fraction of sp³-hybridized carbons (Fsp3) is 0. The Kier molecular flexibility index (Phi) is 2.37. The molecule has 72 valence electrons. The molecule has 0 amide bonds. The van der Waals surface area contributed by atoms with Crippen LogP contribution in [-0.4, -0.2) is 0 Å². The van der Waals surface area contributed by atoms with Crippen molar-refractivity contribution in [3.8, 4) is 11.3 Å². The summed E-state index contributed by atoms with van der Waals surface area (Å²) in [6.45, 7) is 0. The summed E-state index contributed by atoms with van der Waals surface area (Å²) in [4.78, 5) is 0. The van der Waals surface area contributed by atoms with Gasteiger partial charge in [-0.25, -0.2) is 8.78 Å². The van der Waals surface area contributed by atoms with Gasteiger partial charge in [0.25, 0.3) is 0 Å². The van der Waals surface area contributed by atoms with Crippen LogP contribution in [0.4, 0.5) is 8.78 Å². The van der Waals surface area contributed by atoms with Crippen molar-refractivity contribution in [2.75, 3.05) is 0 Å². The molecule has 0 spiro atoms. The molecule has 1 aromatic carbocycles. The second kappa shape index (κ2) is 3.53. The Morgan fingerprint density at radius 1 is 1.14 bits per heavy atom. The number of hydrogen-bond acceptors (Lipinski definition) is 1. The molecule has 0 saturated heterocycles. The maximum atomic E-state index is 13.1. The molecule has 0 saturated carbocycles. The predicted molar refractivity (Wildman–Crippen MR) is 51.8 cm³/mol. The van der Waals surface area contributed by atoms with Crippen LogP contribution in [0.2, 0.25) is 0 Å². The SMILES string of the molecule is Fc1cc(-c2ccco2)cc(F)c1Br. The van der Waals surface area contributed by atoms with E-state index in [-0.39, 0.29) is 4.47 Å². The fourth-order valence-corrected chi connectivity index (χ4v) is 1.37. The Morgan fingerprint density at radius 2 is 1.79 bits per heavy atom. The van der Waals surface area contributed by atoms with E-state index in [2.05, 4.69) is 15.9 Å². The summed E-state index contributed by atoms with van der Waals surface area (Å²) < 4.78 is 31.1. The molecule has 0 fully saturated rings. The van der Waals surface area contributed by atoms with Crippen LogP contribution in [0.5, 0.6) is 0 Å². The molecule has 1 aromatic heterocycles. The highest BCUT2D eigenvalue weighted by molar-refractivity contribution is 9.10. The molecule has 2 rings (SSSR count). The minimum atomic E-state index is -0.642. The molecule has 1 nitrogen and oxygen atoms in total. The Labute approximate surface area is 87.5 Å². The van der Waals surface area contributed by atoms with Gasteiger partial charge in [0.1, 0.15) is 17.4 Å². The largest absolute Gasteiger partial charge is 0.464 e. The van der Waals surface area contributed by atoms with Crippen LogP contribution >= 0.6 is 15.9 Å². The number of furan rings is 1. The third-order valence-electron chi connectivity index (χ3n) is 1.79. The average Bonchev–Trinajstić information content (AvgIpc) is 2.66. The summed E-state index contributed by atoms with van der Waals surface area (Å²) in [6, 6.07) is 5.73. The van der Waals surface area contributed by atoms with Crippen LogP contribution in [0.15, 0.2) is 39.4 Å². The molecule has 0 bridgehead atoms. The van der Waals surface area contributed by atoms with Gasteiger partial charge in [-0.2, -0.15) is 0 Å². The zero-order valence-corrected chi connectivity index (χ0v) is 8.51. The Bertz CT molecular complexity index is 428. The van der Waals surface area contributed by atoms with Gasteiger partial charge in [-0.15, -0.1) is 0 Å². The van der Waals surface area contributed by atoms with E-state index < -0.39 is 11.6 Å². The number of benzene rings is 1. The summed E-state index contributed by atoms with van der Waals surface area (Å²) in [6.07, 6.45) is 1.45. The molecule has 0 aliphatic heterocycles. The minimum Gasteiger partial charge on any atom is -0.464 e. The second-order valence-corrected chi connectivity index (χ2v) is 3.52. The summed E-state index contributed by atoms with van der Waals surface area (Å²) in [5.41, 5.74) is 0.383. The fourth-order valence-electron chi connectivity index (χ4n) is 1.14. The lowest BCUT2D eigenvalue weighted by Crippen LogP contribution is -1.86. The van der Waals surface area contributed by atoms with Crippen molar-refractivity contribution in [1.29, 1.82) is 0 Å². The molecule has 0 radical (unpaired) electrons. The van der Waals surface area contributed by atoms with E-state index in [1.807, 2.05) is 0 Å². The van der Waals surface area contributed by atoms with Gasteiger partial charge in [-0.05, 0) is 40.2 Å². The lowest BCUT2D eigenvalue weighted by atomic mass is 10.1. The first kappa shape index (κ1) is 9.40. The van der Waals surface area contributed by atoms with Crippen molar-refractivity contribution in [2.24, 2.45) is 0 Å². The van der Waals surface area contributed by atoms with Crippen LogP contribution in [0.3, 0.4) is 0 Å². The number of hydrogen-bond donors (Lipinski definition) is 0. The van der Waals surface area contributed by atoms with Crippen LogP contribution < -0.4 is 0 Å². The molecule has 0 N–H and O–H groups in total. The van der Waals surface area contributed by atoms with E-state index in [4.69, 9.17) is 4.42 Å². The van der Waals surface area contributed by atoms with Crippen molar-refractivity contribution in [3.63, 3.8) is 0 Å². The van der Waals surface area contributed by atoms with Gasteiger partial charge in [0, 0.05) is 5.56 Å². The lowest BCUT2D eigenvalue weighted by molar-refractivity contribution is 0.562. The van der Waals surface area contributed by atoms with E-state index in [1.165, 1.54) is 18.4 Å². The van der Waals surface area contributed by atoms with E-state index >= 15 is 0 Å². The van der Waals surface area contributed by atoms with Gasteiger partial charge in [0.2, 0.25) is 0 Å². The van der Waals surface area contributed by atoms with Crippen molar-refractivity contribution >= 4 is 15.9 Å². The third kappa shape index (κ3) is 1.57.